The Kier molecular flexibility index (Phi) is 7.02. The molecule has 0 bridgehead atoms. The number of carbonyl (C=O) groups excluding carboxylic acids is 1. The quantitative estimate of drug-likeness (QED) is 0.429. The van der Waals surface area contributed by atoms with E-state index in [4.69, 9.17) is 4.74 Å². The highest BCUT2D eigenvalue weighted by Gasteiger charge is 2.34. The number of aromatic nitrogens is 2. The molecule has 1 atom stereocenters. The monoisotopic (exact) mass is 558 g/mol. The van der Waals surface area contributed by atoms with Crippen LogP contribution in [-0.2, 0) is 7.05 Å². The molecule has 1 aliphatic carbocycles. The van der Waals surface area contributed by atoms with Gasteiger partial charge in [0.25, 0.3) is 11.5 Å². The number of hydrogen-bond donors (Lipinski definition) is 1. The lowest BCUT2D eigenvalue weighted by molar-refractivity contribution is 0.101. The summed E-state index contributed by atoms with van der Waals surface area (Å²) in [5, 5.41) is 2.86. The van der Waals surface area contributed by atoms with Crippen molar-refractivity contribution in [1.29, 1.82) is 0 Å². The van der Waals surface area contributed by atoms with Gasteiger partial charge in [0.1, 0.15) is 0 Å². The van der Waals surface area contributed by atoms with E-state index in [1.807, 2.05) is 54.4 Å². The van der Waals surface area contributed by atoms with Gasteiger partial charge in [-0.25, -0.2) is 4.98 Å². The fourth-order valence-corrected chi connectivity index (χ4v) is 4.83. The van der Waals surface area contributed by atoms with Crippen LogP contribution in [-0.4, -0.2) is 29.6 Å². The van der Waals surface area contributed by atoms with E-state index in [2.05, 4.69) is 45.0 Å². The van der Waals surface area contributed by atoms with Crippen LogP contribution in [0.15, 0.2) is 59.4 Å². The molecule has 1 N–H and O–H groups in total. The number of nitrogens with one attached hydrogen (secondary N) is 1. The fourth-order valence-electron chi connectivity index (χ4n) is 4.31. The van der Waals surface area contributed by atoms with Gasteiger partial charge in [0.05, 0.1) is 18.8 Å². The summed E-state index contributed by atoms with van der Waals surface area (Å²) in [6.45, 7) is 0. The summed E-state index contributed by atoms with van der Waals surface area (Å²) in [6.07, 6.45) is 3.43. The molecule has 2 aromatic carbocycles. The number of nitrogens with zero attached hydrogens (tertiary/aromatic N) is 3. The van der Waals surface area contributed by atoms with E-state index < -0.39 is 11.5 Å². The summed E-state index contributed by atoms with van der Waals surface area (Å²) in [6, 6.07) is 17.7. The van der Waals surface area contributed by atoms with Crippen LogP contribution in [0.1, 0.15) is 41.4 Å². The van der Waals surface area contributed by atoms with Gasteiger partial charge < -0.3 is 15.0 Å². The Morgan fingerprint density at radius 1 is 1.18 bits per heavy atom. The summed E-state index contributed by atoms with van der Waals surface area (Å²) >= 11 is 2.15. The number of rotatable bonds is 7. The average Bonchev–Trinajstić information content (AvgIpc) is 2.79. The zero-order valence-electron chi connectivity index (χ0n) is 18.9. The van der Waals surface area contributed by atoms with Crippen molar-refractivity contribution in [2.24, 2.45) is 13.0 Å². The zero-order valence-corrected chi connectivity index (χ0v) is 21.1. The second-order valence-electron chi connectivity index (χ2n) is 8.25. The van der Waals surface area contributed by atoms with Crippen LogP contribution >= 0.6 is 22.6 Å². The molecule has 0 spiro atoms. The van der Waals surface area contributed by atoms with Crippen LogP contribution in [0.4, 0.5) is 11.6 Å². The summed E-state index contributed by atoms with van der Waals surface area (Å²) in [5.41, 5.74) is 1.39. The number of anilines is 2. The molecule has 1 unspecified atom stereocenters. The van der Waals surface area contributed by atoms with Crippen LogP contribution in [0.2, 0.25) is 0 Å². The summed E-state index contributed by atoms with van der Waals surface area (Å²) in [4.78, 5) is 33.1. The first-order valence-corrected chi connectivity index (χ1v) is 12.0. The van der Waals surface area contributed by atoms with E-state index in [0.29, 0.717) is 17.6 Å². The van der Waals surface area contributed by atoms with Crippen molar-refractivity contribution in [3.8, 4) is 5.75 Å². The number of halogens is 1. The van der Waals surface area contributed by atoms with E-state index in [0.717, 1.165) is 16.4 Å². The van der Waals surface area contributed by atoms with Crippen LogP contribution in [0.25, 0.3) is 0 Å². The molecular weight excluding hydrogens is 531 g/mol. The Morgan fingerprint density at radius 3 is 2.45 bits per heavy atom. The second kappa shape index (κ2) is 9.94. The van der Waals surface area contributed by atoms with Crippen molar-refractivity contribution in [3.63, 3.8) is 0 Å². The lowest BCUT2D eigenvalue weighted by Gasteiger charge is -2.40. The van der Waals surface area contributed by atoms with Crippen molar-refractivity contribution < 1.29 is 9.53 Å². The van der Waals surface area contributed by atoms with E-state index in [1.165, 1.54) is 23.7 Å². The molecule has 1 fully saturated rings. The van der Waals surface area contributed by atoms with E-state index >= 15 is 0 Å². The third kappa shape index (κ3) is 4.62. The van der Waals surface area contributed by atoms with Gasteiger partial charge in [-0.1, -0.05) is 48.9 Å². The standard InChI is InChI=1S/C25H27IN4O3/c1-29(21(17-12-9-13-17)16-10-5-4-6-11-16)25-28-20(22(33-3)24(32)30(25)2)23(31)27-19-15-8-7-14-18(19)26/h4-8,10-11,14-15,17,21H,9,12-13H2,1-3H3,(H,27,31). The Hall–Kier alpha value is -2.88. The van der Waals surface area contributed by atoms with Gasteiger partial charge in [-0.05, 0) is 59.0 Å². The molecule has 0 aliphatic heterocycles. The topological polar surface area (TPSA) is 76.5 Å². The van der Waals surface area contributed by atoms with Gasteiger partial charge in [-0.3, -0.25) is 14.2 Å². The van der Waals surface area contributed by atoms with Gasteiger partial charge in [-0.15, -0.1) is 0 Å². The smallest absolute Gasteiger partial charge is 0.297 e. The Balaban J connectivity index is 1.77. The minimum atomic E-state index is -0.483. The molecule has 33 heavy (non-hydrogen) atoms. The summed E-state index contributed by atoms with van der Waals surface area (Å²) < 4.78 is 7.67. The molecule has 1 aromatic heterocycles. The predicted octanol–water partition coefficient (Wildman–Crippen LogP) is 4.62. The molecule has 0 saturated heterocycles. The fraction of sp³-hybridized carbons (Fsp3) is 0.320. The highest BCUT2D eigenvalue weighted by molar-refractivity contribution is 14.1. The molecule has 1 heterocycles. The van der Waals surface area contributed by atoms with Crippen molar-refractivity contribution in [2.75, 3.05) is 24.4 Å². The van der Waals surface area contributed by atoms with Gasteiger partial charge in [0.2, 0.25) is 11.7 Å². The number of amides is 1. The lowest BCUT2D eigenvalue weighted by Crippen LogP contribution is -2.38. The molecule has 8 heteroatoms. The van der Waals surface area contributed by atoms with Gasteiger partial charge >= 0.3 is 0 Å². The van der Waals surface area contributed by atoms with E-state index in [9.17, 15) is 9.59 Å². The summed E-state index contributed by atoms with van der Waals surface area (Å²) in [7, 11) is 4.98. The van der Waals surface area contributed by atoms with Crippen molar-refractivity contribution >= 4 is 40.1 Å². The second-order valence-corrected chi connectivity index (χ2v) is 9.41. The first-order valence-electron chi connectivity index (χ1n) is 10.9. The third-order valence-corrected chi connectivity index (χ3v) is 7.18. The SMILES string of the molecule is COc1c(C(=O)Nc2ccccc2I)nc(N(C)C(c2ccccc2)C2CCC2)n(C)c1=O. The highest BCUT2D eigenvalue weighted by Crippen LogP contribution is 2.42. The maximum absolute atomic E-state index is 13.2. The Morgan fingerprint density at radius 2 is 1.85 bits per heavy atom. The Bertz CT molecular complexity index is 1210. The number of benzene rings is 2. The van der Waals surface area contributed by atoms with Crippen molar-refractivity contribution in [1.82, 2.24) is 9.55 Å². The largest absolute Gasteiger partial charge is 0.489 e. The number of hydrogen-bond acceptors (Lipinski definition) is 5. The first kappa shape index (κ1) is 23.3. The molecule has 4 rings (SSSR count). The molecule has 7 nitrogen and oxygen atoms in total. The van der Waals surface area contributed by atoms with Gasteiger partial charge in [0, 0.05) is 17.7 Å². The van der Waals surface area contributed by atoms with E-state index in [1.54, 1.807) is 7.05 Å². The first-order chi connectivity index (χ1) is 15.9. The minimum Gasteiger partial charge on any atom is -0.489 e. The number of carbonyl (C=O) groups is 1. The molecular formula is C25H27IN4O3. The summed E-state index contributed by atoms with van der Waals surface area (Å²) in [5.74, 6) is 0.329. The molecule has 3 aromatic rings. The molecule has 1 saturated carbocycles. The Labute approximate surface area is 206 Å². The number of ether oxygens (including phenoxy) is 1. The lowest BCUT2D eigenvalue weighted by atomic mass is 9.76. The predicted molar refractivity (Wildman–Crippen MR) is 138 cm³/mol. The number of methoxy groups -OCH3 is 1. The normalized spacial score (nSPS) is 14.3. The van der Waals surface area contributed by atoms with Crippen molar-refractivity contribution in [2.45, 2.75) is 25.3 Å². The average molecular weight is 558 g/mol. The third-order valence-electron chi connectivity index (χ3n) is 6.24. The molecule has 172 valence electrons. The van der Waals surface area contributed by atoms with Gasteiger partial charge in [-0.2, -0.15) is 0 Å². The van der Waals surface area contributed by atoms with Crippen LogP contribution in [0, 0.1) is 9.49 Å². The highest BCUT2D eigenvalue weighted by atomic mass is 127. The maximum atomic E-state index is 13.2. The van der Waals surface area contributed by atoms with Crippen LogP contribution < -0.4 is 20.5 Å². The molecule has 0 radical (unpaired) electrons. The van der Waals surface area contributed by atoms with E-state index in [-0.39, 0.29) is 17.5 Å². The molecule has 1 amide bonds. The minimum absolute atomic E-state index is 0.0254. The maximum Gasteiger partial charge on any atom is 0.297 e. The van der Waals surface area contributed by atoms with Crippen LogP contribution in [0.3, 0.4) is 0 Å². The van der Waals surface area contributed by atoms with Gasteiger partial charge in [0.15, 0.2) is 5.69 Å². The van der Waals surface area contributed by atoms with Crippen molar-refractivity contribution in [3.05, 3.63) is 79.8 Å². The van der Waals surface area contributed by atoms with Crippen LogP contribution in [0.5, 0.6) is 5.75 Å². The number of para-hydroxylation sites is 1. The zero-order chi connectivity index (χ0) is 23.5. The molecule has 1 aliphatic rings.